The van der Waals surface area contributed by atoms with E-state index in [2.05, 4.69) is 39.8 Å². The Hall–Kier alpha value is -2.33. The van der Waals surface area contributed by atoms with Crippen LogP contribution in [0.25, 0.3) is 0 Å². The summed E-state index contributed by atoms with van der Waals surface area (Å²) < 4.78 is 0. The van der Waals surface area contributed by atoms with E-state index in [9.17, 15) is 4.79 Å². The maximum absolute atomic E-state index is 12.2. The van der Waals surface area contributed by atoms with Crippen LogP contribution >= 0.6 is 0 Å². The number of hydrogen-bond acceptors (Lipinski definition) is 2. The van der Waals surface area contributed by atoms with Gasteiger partial charge in [-0.15, -0.1) is 0 Å². The molecule has 0 aliphatic carbocycles. The van der Waals surface area contributed by atoms with Crippen LogP contribution in [-0.2, 0) is 6.54 Å². The number of rotatable bonds is 4. The Labute approximate surface area is 143 Å². The smallest absolute Gasteiger partial charge is 0.319 e. The van der Waals surface area contributed by atoms with E-state index in [0.29, 0.717) is 0 Å². The molecule has 2 aromatic carbocycles. The zero-order valence-corrected chi connectivity index (χ0v) is 14.2. The molecule has 0 bridgehead atoms. The fourth-order valence-electron chi connectivity index (χ4n) is 3.23. The van der Waals surface area contributed by atoms with Crippen molar-refractivity contribution in [1.29, 1.82) is 0 Å². The summed E-state index contributed by atoms with van der Waals surface area (Å²) >= 11 is 0. The zero-order valence-electron chi connectivity index (χ0n) is 14.2. The third-order valence-corrected chi connectivity index (χ3v) is 4.37. The van der Waals surface area contributed by atoms with Crippen molar-refractivity contribution in [3.05, 3.63) is 65.7 Å². The molecule has 0 spiro atoms. The van der Waals surface area contributed by atoms with Crippen molar-refractivity contribution < 1.29 is 4.79 Å². The maximum atomic E-state index is 12.2. The lowest BCUT2D eigenvalue weighted by Crippen LogP contribution is -2.48. The average molecular weight is 323 g/mol. The summed E-state index contributed by atoms with van der Waals surface area (Å²) in [5, 5.41) is 6.04. The quantitative estimate of drug-likeness (QED) is 0.899. The molecule has 1 heterocycles. The summed E-state index contributed by atoms with van der Waals surface area (Å²) in [4.78, 5) is 14.6. The number of benzene rings is 2. The van der Waals surface area contributed by atoms with Crippen molar-refractivity contribution in [2.24, 2.45) is 0 Å². The molecule has 0 saturated carbocycles. The highest BCUT2D eigenvalue weighted by atomic mass is 16.2. The monoisotopic (exact) mass is 323 g/mol. The highest BCUT2D eigenvalue weighted by Gasteiger charge is 2.21. The minimum Gasteiger partial charge on any atom is -0.334 e. The first kappa shape index (κ1) is 16.5. The number of hydrogen-bond donors (Lipinski definition) is 2. The summed E-state index contributed by atoms with van der Waals surface area (Å²) in [5.41, 5.74) is 3.30. The van der Waals surface area contributed by atoms with Crippen LogP contribution in [0.5, 0.6) is 0 Å². The van der Waals surface area contributed by atoms with Gasteiger partial charge in [-0.2, -0.15) is 0 Å². The van der Waals surface area contributed by atoms with Crippen molar-refractivity contribution in [2.75, 3.05) is 18.4 Å². The predicted molar refractivity (Wildman–Crippen MR) is 98.1 cm³/mol. The predicted octanol–water partition coefficient (Wildman–Crippen LogP) is 3.78. The average Bonchev–Trinajstić information content (AvgIpc) is 2.56. The lowest BCUT2D eigenvalue weighted by atomic mass is 10.0. The molecule has 4 heteroatoms. The van der Waals surface area contributed by atoms with E-state index >= 15 is 0 Å². The molecule has 0 aromatic heterocycles. The number of amides is 2. The summed E-state index contributed by atoms with van der Waals surface area (Å²) in [5.74, 6) is 0. The van der Waals surface area contributed by atoms with E-state index in [0.717, 1.165) is 43.7 Å². The van der Waals surface area contributed by atoms with Crippen LogP contribution < -0.4 is 10.6 Å². The molecule has 1 saturated heterocycles. The fraction of sp³-hybridized carbons (Fsp3) is 0.350. The van der Waals surface area contributed by atoms with Crippen molar-refractivity contribution in [3.8, 4) is 0 Å². The Bertz CT molecular complexity index is 672. The molecule has 2 N–H and O–H groups in total. The standard InChI is InChI=1S/C20H25N3O/c1-16-7-5-10-18(13-16)21-20(24)22-19-11-6-12-23(15-19)14-17-8-3-2-4-9-17/h2-5,7-10,13,19H,6,11-12,14-15H2,1H3,(H2,21,22,24). The van der Waals surface area contributed by atoms with Crippen LogP contribution in [0.1, 0.15) is 24.0 Å². The minimum atomic E-state index is -0.118. The largest absolute Gasteiger partial charge is 0.334 e. The van der Waals surface area contributed by atoms with Crippen LogP contribution in [0.3, 0.4) is 0 Å². The SMILES string of the molecule is Cc1cccc(NC(=O)NC2CCCN(Cc3ccccc3)C2)c1. The number of urea groups is 1. The van der Waals surface area contributed by atoms with Gasteiger partial charge in [-0.25, -0.2) is 4.79 Å². The first-order valence-electron chi connectivity index (χ1n) is 8.59. The highest BCUT2D eigenvalue weighted by Crippen LogP contribution is 2.14. The normalized spacial score (nSPS) is 18.1. The van der Waals surface area contributed by atoms with E-state index in [4.69, 9.17) is 0 Å². The molecule has 2 amide bonds. The number of anilines is 1. The second-order valence-corrected chi connectivity index (χ2v) is 6.53. The van der Waals surface area contributed by atoms with Crippen molar-refractivity contribution in [2.45, 2.75) is 32.4 Å². The molecule has 1 unspecified atom stereocenters. The molecular formula is C20H25N3O. The fourth-order valence-corrected chi connectivity index (χ4v) is 3.23. The van der Waals surface area contributed by atoms with E-state index in [1.165, 1.54) is 5.56 Å². The molecule has 0 radical (unpaired) electrons. The molecule has 24 heavy (non-hydrogen) atoms. The molecule has 2 aromatic rings. The number of nitrogens with one attached hydrogen (secondary N) is 2. The van der Waals surface area contributed by atoms with Crippen LogP contribution in [-0.4, -0.2) is 30.1 Å². The van der Waals surface area contributed by atoms with Gasteiger partial charge in [0, 0.05) is 24.8 Å². The van der Waals surface area contributed by atoms with Gasteiger partial charge in [0.2, 0.25) is 0 Å². The summed E-state index contributed by atoms with van der Waals surface area (Å²) in [6, 6.07) is 18.4. The molecule has 4 nitrogen and oxygen atoms in total. The molecule has 1 aliphatic heterocycles. The summed E-state index contributed by atoms with van der Waals surface area (Å²) in [6.45, 7) is 4.95. The first-order valence-corrected chi connectivity index (χ1v) is 8.59. The topological polar surface area (TPSA) is 44.4 Å². The van der Waals surface area contributed by atoms with E-state index < -0.39 is 0 Å². The van der Waals surface area contributed by atoms with E-state index in [-0.39, 0.29) is 12.1 Å². The second-order valence-electron chi connectivity index (χ2n) is 6.53. The Balaban J connectivity index is 1.50. The Morgan fingerprint density at radius 3 is 2.79 bits per heavy atom. The minimum absolute atomic E-state index is 0.118. The van der Waals surface area contributed by atoms with Gasteiger partial charge in [0.05, 0.1) is 0 Å². The molecule has 1 atom stereocenters. The van der Waals surface area contributed by atoms with Crippen molar-refractivity contribution in [1.82, 2.24) is 10.2 Å². The Morgan fingerprint density at radius 1 is 1.17 bits per heavy atom. The molecule has 126 valence electrons. The molecular weight excluding hydrogens is 298 g/mol. The number of likely N-dealkylation sites (tertiary alicyclic amines) is 1. The maximum Gasteiger partial charge on any atom is 0.319 e. The van der Waals surface area contributed by atoms with Gasteiger partial charge in [0.1, 0.15) is 0 Å². The third kappa shape index (κ3) is 4.83. The van der Waals surface area contributed by atoms with Gasteiger partial charge in [0.25, 0.3) is 0 Å². The van der Waals surface area contributed by atoms with E-state index in [1.807, 2.05) is 37.3 Å². The first-order chi connectivity index (χ1) is 11.7. The number of piperidine rings is 1. The van der Waals surface area contributed by atoms with Gasteiger partial charge >= 0.3 is 6.03 Å². The van der Waals surface area contributed by atoms with Crippen molar-refractivity contribution in [3.63, 3.8) is 0 Å². The zero-order chi connectivity index (χ0) is 16.8. The number of carbonyl (C=O) groups is 1. The van der Waals surface area contributed by atoms with Crippen LogP contribution in [0.4, 0.5) is 10.5 Å². The van der Waals surface area contributed by atoms with Crippen LogP contribution in [0.15, 0.2) is 54.6 Å². The van der Waals surface area contributed by atoms with Gasteiger partial charge in [-0.1, -0.05) is 42.5 Å². The van der Waals surface area contributed by atoms with Gasteiger partial charge in [-0.05, 0) is 49.6 Å². The lowest BCUT2D eigenvalue weighted by Gasteiger charge is -2.33. The highest BCUT2D eigenvalue weighted by molar-refractivity contribution is 5.89. The lowest BCUT2D eigenvalue weighted by molar-refractivity contribution is 0.183. The Kier molecular flexibility index (Phi) is 5.49. The second kappa shape index (κ2) is 7.97. The third-order valence-electron chi connectivity index (χ3n) is 4.37. The summed E-state index contributed by atoms with van der Waals surface area (Å²) in [7, 11) is 0. The van der Waals surface area contributed by atoms with Gasteiger partial charge < -0.3 is 10.6 Å². The summed E-state index contributed by atoms with van der Waals surface area (Å²) in [6.07, 6.45) is 2.15. The van der Waals surface area contributed by atoms with Gasteiger partial charge in [0.15, 0.2) is 0 Å². The number of nitrogens with zero attached hydrogens (tertiary/aromatic N) is 1. The van der Waals surface area contributed by atoms with Crippen molar-refractivity contribution >= 4 is 11.7 Å². The Morgan fingerprint density at radius 2 is 2.00 bits per heavy atom. The van der Waals surface area contributed by atoms with Crippen LogP contribution in [0, 0.1) is 6.92 Å². The van der Waals surface area contributed by atoms with Gasteiger partial charge in [-0.3, -0.25) is 4.90 Å². The number of aryl methyl sites for hydroxylation is 1. The van der Waals surface area contributed by atoms with Crippen LogP contribution in [0.2, 0.25) is 0 Å². The molecule has 1 fully saturated rings. The van der Waals surface area contributed by atoms with E-state index in [1.54, 1.807) is 0 Å². The number of carbonyl (C=O) groups excluding carboxylic acids is 1. The molecule has 3 rings (SSSR count). The molecule has 1 aliphatic rings.